The van der Waals surface area contributed by atoms with Gasteiger partial charge in [0.15, 0.2) is 5.69 Å². The second-order valence-corrected chi connectivity index (χ2v) is 7.25. The monoisotopic (exact) mass is 333 g/mol. The van der Waals surface area contributed by atoms with Gasteiger partial charge in [-0.25, -0.2) is 0 Å². The molecule has 1 atom stereocenters. The van der Waals surface area contributed by atoms with Crippen LogP contribution in [0.3, 0.4) is 0 Å². The Morgan fingerprint density at radius 2 is 2.39 bits per heavy atom. The number of rotatable bonds is 5. The molecular weight excluding hydrogens is 310 g/mol. The highest BCUT2D eigenvalue weighted by atomic mass is 32.1. The summed E-state index contributed by atoms with van der Waals surface area (Å²) < 4.78 is 5.81. The van der Waals surface area contributed by atoms with Crippen molar-refractivity contribution >= 4 is 17.2 Å². The summed E-state index contributed by atoms with van der Waals surface area (Å²) in [5, 5.41) is 7.20. The Bertz CT molecular complexity index is 664. The third-order valence-electron chi connectivity index (χ3n) is 4.03. The number of ether oxygens (including phenoxy) is 1. The summed E-state index contributed by atoms with van der Waals surface area (Å²) in [7, 11) is 0. The SMILES string of the molecule is CCCO[C@H]1CCCN(C(=O)c2cc(-c3ccc(C)s3)[nH]n2)C1. The van der Waals surface area contributed by atoms with Gasteiger partial charge in [-0.2, -0.15) is 5.10 Å². The van der Waals surface area contributed by atoms with E-state index in [9.17, 15) is 4.79 Å². The topological polar surface area (TPSA) is 58.2 Å². The number of amides is 1. The van der Waals surface area contributed by atoms with Crippen molar-refractivity contribution in [2.75, 3.05) is 19.7 Å². The Kier molecular flexibility index (Phi) is 5.13. The summed E-state index contributed by atoms with van der Waals surface area (Å²) in [5.41, 5.74) is 1.39. The minimum Gasteiger partial charge on any atom is -0.376 e. The number of piperidine rings is 1. The fourth-order valence-electron chi connectivity index (χ4n) is 2.84. The van der Waals surface area contributed by atoms with Crippen LogP contribution in [0.1, 0.15) is 41.6 Å². The first kappa shape index (κ1) is 16.2. The Morgan fingerprint density at radius 1 is 1.52 bits per heavy atom. The standard InChI is InChI=1S/C17H23N3O2S/c1-3-9-22-13-5-4-8-20(11-13)17(21)15-10-14(18-19-15)16-7-6-12(2)23-16/h6-7,10,13H,3-5,8-9,11H2,1-2H3,(H,18,19)/t13-/m0/s1. The predicted molar refractivity (Wildman–Crippen MR) is 91.8 cm³/mol. The molecule has 23 heavy (non-hydrogen) atoms. The molecule has 6 heteroatoms. The molecule has 2 aromatic rings. The summed E-state index contributed by atoms with van der Waals surface area (Å²) >= 11 is 1.69. The van der Waals surface area contributed by atoms with Crippen LogP contribution in [0.2, 0.25) is 0 Å². The molecule has 0 spiro atoms. The third-order valence-corrected chi connectivity index (χ3v) is 5.06. The van der Waals surface area contributed by atoms with Crippen LogP contribution in [0, 0.1) is 6.92 Å². The molecule has 1 aliphatic heterocycles. The number of carbonyl (C=O) groups excluding carboxylic acids is 1. The van der Waals surface area contributed by atoms with Gasteiger partial charge in [0.25, 0.3) is 5.91 Å². The fraction of sp³-hybridized carbons (Fsp3) is 0.529. The summed E-state index contributed by atoms with van der Waals surface area (Å²) in [4.78, 5) is 16.9. The maximum atomic E-state index is 12.7. The number of aromatic amines is 1. The van der Waals surface area contributed by atoms with Crippen LogP contribution in [0.4, 0.5) is 0 Å². The van der Waals surface area contributed by atoms with E-state index in [1.165, 1.54) is 4.88 Å². The van der Waals surface area contributed by atoms with Crippen LogP contribution in [0.5, 0.6) is 0 Å². The molecule has 1 saturated heterocycles. The smallest absolute Gasteiger partial charge is 0.274 e. The molecule has 5 nitrogen and oxygen atoms in total. The Balaban J connectivity index is 1.67. The largest absolute Gasteiger partial charge is 0.376 e. The first-order valence-electron chi connectivity index (χ1n) is 8.20. The highest BCUT2D eigenvalue weighted by Crippen LogP contribution is 2.27. The molecule has 2 aromatic heterocycles. The molecule has 0 radical (unpaired) electrons. The molecule has 1 aliphatic rings. The second-order valence-electron chi connectivity index (χ2n) is 5.96. The van der Waals surface area contributed by atoms with Gasteiger partial charge in [-0.3, -0.25) is 9.89 Å². The van der Waals surface area contributed by atoms with Crippen molar-refractivity contribution < 1.29 is 9.53 Å². The van der Waals surface area contributed by atoms with E-state index in [4.69, 9.17) is 4.74 Å². The van der Waals surface area contributed by atoms with Crippen molar-refractivity contribution in [3.8, 4) is 10.6 Å². The van der Waals surface area contributed by atoms with Crippen molar-refractivity contribution in [1.29, 1.82) is 0 Å². The normalized spacial score (nSPS) is 18.3. The van der Waals surface area contributed by atoms with Crippen LogP contribution >= 0.6 is 11.3 Å². The van der Waals surface area contributed by atoms with Crippen molar-refractivity contribution in [2.45, 2.75) is 39.2 Å². The number of nitrogens with zero attached hydrogens (tertiary/aromatic N) is 2. The van der Waals surface area contributed by atoms with Crippen LogP contribution < -0.4 is 0 Å². The maximum Gasteiger partial charge on any atom is 0.274 e. The average molecular weight is 333 g/mol. The van der Waals surface area contributed by atoms with Crippen molar-refractivity contribution in [3.05, 3.63) is 28.8 Å². The number of H-pyrrole nitrogens is 1. The second kappa shape index (κ2) is 7.27. The molecular formula is C17H23N3O2S. The van der Waals surface area contributed by atoms with Gasteiger partial charge < -0.3 is 9.64 Å². The van der Waals surface area contributed by atoms with Gasteiger partial charge in [0.2, 0.25) is 0 Å². The van der Waals surface area contributed by atoms with Gasteiger partial charge in [0, 0.05) is 24.6 Å². The van der Waals surface area contributed by atoms with E-state index >= 15 is 0 Å². The molecule has 0 unspecified atom stereocenters. The van der Waals surface area contributed by atoms with Gasteiger partial charge >= 0.3 is 0 Å². The Hall–Kier alpha value is -1.66. The summed E-state index contributed by atoms with van der Waals surface area (Å²) in [5.74, 6) is -0.00873. The number of aromatic nitrogens is 2. The molecule has 0 aromatic carbocycles. The average Bonchev–Trinajstić information content (AvgIpc) is 3.21. The van der Waals surface area contributed by atoms with Gasteiger partial charge in [-0.1, -0.05) is 6.92 Å². The first-order valence-corrected chi connectivity index (χ1v) is 9.02. The molecule has 0 bridgehead atoms. The molecule has 1 fully saturated rings. The number of carbonyl (C=O) groups is 1. The van der Waals surface area contributed by atoms with E-state index in [1.807, 2.05) is 11.0 Å². The quantitative estimate of drug-likeness (QED) is 0.911. The Labute approximate surface area is 140 Å². The molecule has 3 rings (SSSR count). The molecule has 3 heterocycles. The lowest BCUT2D eigenvalue weighted by Crippen LogP contribution is -2.43. The van der Waals surface area contributed by atoms with E-state index < -0.39 is 0 Å². The van der Waals surface area contributed by atoms with E-state index in [-0.39, 0.29) is 12.0 Å². The lowest BCUT2D eigenvalue weighted by atomic mass is 10.1. The van der Waals surface area contributed by atoms with Crippen molar-refractivity contribution in [3.63, 3.8) is 0 Å². The fourth-order valence-corrected chi connectivity index (χ4v) is 3.68. The van der Waals surface area contributed by atoms with Crippen LogP contribution in [0.25, 0.3) is 10.6 Å². The zero-order valence-electron chi connectivity index (χ0n) is 13.7. The molecule has 1 N–H and O–H groups in total. The Morgan fingerprint density at radius 3 is 3.13 bits per heavy atom. The number of nitrogens with one attached hydrogen (secondary N) is 1. The van der Waals surface area contributed by atoms with Gasteiger partial charge in [0.1, 0.15) is 0 Å². The van der Waals surface area contributed by atoms with Gasteiger partial charge in [-0.05, 0) is 44.4 Å². The van der Waals surface area contributed by atoms with Crippen molar-refractivity contribution in [1.82, 2.24) is 15.1 Å². The highest BCUT2D eigenvalue weighted by Gasteiger charge is 2.26. The minimum atomic E-state index is -0.00873. The number of thiophene rings is 1. The zero-order chi connectivity index (χ0) is 16.2. The van der Waals surface area contributed by atoms with Crippen LogP contribution in [-0.4, -0.2) is 46.8 Å². The molecule has 0 saturated carbocycles. The number of hydrogen-bond donors (Lipinski definition) is 1. The van der Waals surface area contributed by atoms with Crippen molar-refractivity contribution in [2.24, 2.45) is 0 Å². The minimum absolute atomic E-state index is 0.00873. The van der Waals surface area contributed by atoms with E-state index in [1.54, 1.807) is 11.3 Å². The molecule has 1 amide bonds. The number of aryl methyl sites for hydroxylation is 1. The third kappa shape index (κ3) is 3.82. The predicted octanol–water partition coefficient (Wildman–Crippen LogP) is 3.48. The summed E-state index contributed by atoms with van der Waals surface area (Å²) in [6.45, 7) is 6.38. The lowest BCUT2D eigenvalue weighted by Gasteiger charge is -2.32. The van der Waals surface area contributed by atoms with E-state index in [2.05, 4.69) is 36.2 Å². The number of hydrogen-bond acceptors (Lipinski definition) is 4. The van der Waals surface area contributed by atoms with Crippen LogP contribution in [0.15, 0.2) is 18.2 Å². The highest BCUT2D eigenvalue weighted by molar-refractivity contribution is 7.15. The van der Waals surface area contributed by atoms with Gasteiger partial charge in [-0.15, -0.1) is 11.3 Å². The summed E-state index contributed by atoms with van der Waals surface area (Å²) in [6, 6.07) is 5.98. The van der Waals surface area contributed by atoms with E-state index in [0.717, 1.165) is 43.0 Å². The molecule has 124 valence electrons. The van der Waals surface area contributed by atoms with Crippen LogP contribution in [-0.2, 0) is 4.74 Å². The maximum absolute atomic E-state index is 12.7. The lowest BCUT2D eigenvalue weighted by molar-refractivity contribution is 0.00192. The molecule has 0 aliphatic carbocycles. The zero-order valence-corrected chi connectivity index (χ0v) is 14.5. The van der Waals surface area contributed by atoms with Gasteiger partial charge in [0.05, 0.1) is 16.7 Å². The number of likely N-dealkylation sites (tertiary alicyclic amines) is 1. The van der Waals surface area contributed by atoms with E-state index in [0.29, 0.717) is 12.2 Å². The summed E-state index contributed by atoms with van der Waals surface area (Å²) in [6.07, 6.45) is 3.19. The first-order chi connectivity index (χ1) is 11.2.